The van der Waals surface area contributed by atoms with E-state index in [0.717, 1.165) is 30.8 Å². The molecule has 1 aliphatic rings. The van der Waals surface area contributed by atoms with E-state index in [2.05, 4.69) is 16.7 Å². The van der Waals surface area contributed by atoms with Gasteiger partial charge in [0.25, 0.3) is 0 Å². The molecule has 0 aromatic heterocycles. The number of phosphoric acid groups is 1. The van der Waals surface area contributed by atoms with Gasteiger partial charge in [-0.25, -0.2) is 4.57 Å². The molecule has 0 atom stereocenters. The second-order valence-electron chi connectivity index (χ2n) is 6.24. The van der Waals surface area contributed by atoms with E-state index in [9.17, 15) is 5.11 Å². The van der Waals surface area contributed by atoms with Gasteiger partial charge in [-0.05, 0) is 25.9 Å². The van der Waals surface area contributed by atoms with Crippen molar-refractivity contribution < 1.29 is 24.4 Å². The molecule has 1 aliphatic heterocycles. The predicted molar refractivity (Wildman–Crippen MR) is 104 cm³/mol. The molecule has 3 rings (SSSR count). The zero-order valence-corrected chi connectivity index (χ0v) is 15.8. The number of nitrogens with zero attached hydrogens (tertiary/aromatic N) is 1. The first kappa shape index (κ1) is 21.3. The third kappa shape index (κ3) is 7.28. The summed E-state index contributed by atoms with van der Waals surface area (Å²) in [5.41, 5.74) is 0.382. The van der Waals surface area contributed by atoms with Gasteiger partial charge in [-0.1, -0.05) is 72.5 Å². The SMILES string of the molecule is O=P(O)(O)O.OC(C#CCN1CCCC1)(c1ccccc1)c1ccccc1. The average molecular weight is 389 g/mol. The van der Waals surface area contributed by atoms with Crippen molar-refractivity contribution in [1.29, 1.82) is 0 Å². The van der Waals surface area contributed by atoms with Gasteiger partial charge >= 0.3 is 7.82 Å². The lowest BCUT2D eigenvalue weighted by molar-refractivity contribution is 0.145. The Morgan fingerprint density at radius 1 is 0.889 bits per heavy atom. The van der Waals surface area contributed by atoms with Crippen LogP contribution in [0.3, 0.4) is 0 Å². The van der Waals surface area contributed by atoms with Crippen molar-refractivity contribution in [3.63, 3.8) is 0 Å². The normalized spacial score (nSPS) is 14.7. The average Bonchev–Trinajstić information content (AvgIpc) is 3.15. The molecule has 27 heavy (non-hydrogen) atoms. The van der Waals surface area contributed by atoms with Gasteiger partial charge in [-0.15, -0.1) is 0 Å². The highest BCUT2D eigenvalue weighted by Crippen LogP contribution is 2.28. The molecule has 0 aliphatic carbocycles. The van der Waals surface area contributed by atoms with Crippen LogP contribution in [0.25, 0.3) is 0 Å². The highest BCUT2D eigenvalue weighted by atomic mass is 31.2. The van der Waals surface area contributed by atoms with Gasteiger partial charge in [0.05, 0.1) is 6.54 Å². The fourth-order valence-electron chi connectivity index (χ4n) is 2.89. The summed E-state index contributed by atoms with van der Waals surface area (Å²) in [6.45, 7) is 2.95. The Labute approximate surface area is 159 Å². The first-order valence-corrected chi connectivity index (χ1v) is 10.2. The Kier molecular flexibility index (Phi) is 7.76. The van der Waals surface area contributed by atoms with E-state index in [1.807, 2.05) is 60.7 Å². The van der Waals surface area contributed by atoms with Crippen LogP contribution in [0.5, 0.6) is 0 Å². The maximum absolute atomic E-state index is 11.2. The Balaban J connectivity index is 0.000000465. The van der Waals surface area contributed by atoms with Crippen LogP contribution in [-0.2, 0) is 10.2 Å². The van der Waals surface area contributed by atoms with Gasteiger partial charge in [0.15, 0.2) is 5.60 Å². The fourth-order valence-corrected chi connectivity index (χ4v) is 2.89. The molecular formula is C20H24NO5P. The second-order valence-corrected chi connectivity index (χ2v) is 7.27. The van der Waals surface area contributed by atoms with Crippen molar-refractivity contribution in [3.8, 4) is 11.8 Å². The number of rotatable bonds is 3. The van der Waals surface area contributed by atoms with Crippen LogP contribution in [0.2, 0.25) is 0 Å². The van der Waals surface area contributed by atoms with Gasteiger partial charge in [0, 0.05) is 11.1 Å². The number of benzene rings is 2. The number of hydrogen-bond acceptors (Lipinski definition) is 3. The van der Waals surface area contributed by atoms with Crippen molar-refractivity contribution >= 4 is 7.82 Å². The lowest BCUT2D eigenvalue weighted by Gasteiger charge is -2.23. The van der Waals surface area contributed by atoms with Crippen LogP contribution in [0, 0.1) is 11.8 Å². The van der Waals surface area contributed by atoms with Gasteiger partial charge in [0.1, 0.15) is 0 Å². The molecular weight excluding hydrogens is 365 g/mol. The molecule has 0 amide bonds. The molecule has 0 saturated carbocycles. The van der Waals surface area contributed by atoms with Gasteiger partial charge in [-0.2, -0.15) is 0 Å². The summed E-state index contributed by atoms with van der Waals surface area (Å²) in [6.07, 6.45) is 2.51. The number of aliphatic hydroxyl groups is 1. The van der Waals surface area contributed by atoms with Crippen LogP contribution < -0.4 is 0 Å². The maximum Gasteiger partial charge on any atom is 0.466 e. The summed E-state index contributed by atoms with van der Waals surface area (Å²) in [5, 5.41) is 11.2. The van der Waals surface area contributed by atoms with Crippen LogP contribution >= 0.6 is 7.82 Å². The van der Waals surface area contributed by atoms with E-state index in [1.54, 1.807) is 0 Å². The smallest absolute Gasteiger partial charge is 0.369 e. The molecule has 0 unspecified atom stereocenters. The summed E-state index contributed by atoms with van der Waals surface area (Å²) < 4.78 is 8.88. The molecule has 1 fully saturated rings. The van der Waals surface area contributed by atoms with E-state index >= 15 is 0 Å². The van der Waals surface area contributed by atoms with Crippen molar-refractivity contribution in [3.05, 3.63) is 71.8 Å². The minimum atomic E-state index is -4.64. The number of likely N-dealkylation sites (tertiary alicyclic amines) is 1. The summed E-state index contributed by atoms with van der Waals surface area (Å²) in [4.78, 5) is 23.9. The second kappa shape index (κ2) is 9.82. The highest BCUT2D eigenvalue weighted by Gasteiger charge is 2.29. The lowest BCUT2D eigenvalue weighted by atomic mass is 9.87. The Morgan fingerprint density at radius 3 is 1.70 bits per heavy atom. The van der Waals surface area contributed by atoms with E-state index < -0.39 is 13.4 Å². The fraction of sp³-hybridized carbons (Fsp3) is 0.300. The lowest BCUT2D eigenvalue weighted by Crippen LogP contribution is -2.26. The summed E-state index contributed by atoms with van der Waals surface area (Å²) in [5.74, 6) is 6.31. The van der Waals surface area contributed by atoms with Crippen molar-refractivity contribution in [2.45, 2.75) is 18.4 Å². The van der Waals surface area contributed by atoms with Gasteiger partial charge < -0.3 is 19.8 Å². The molecule has 4 N–H and O–H groups in total. The first-order valence-electron chi connectivity index (χ1n) is 8.63. The van der Waals surface area contributed by atoms with E-state index in [4.69, 9.17) is 19.2 Å². The van der Waals surface area contributed by atoms with Crippen LogP contribution in [0.15, 0.2) is 60.7 Å². The van der Waals surface area contributed by atoms with Crippen LogP contribution in [0.4, 0.5) is 0 Å². The van der Waals surface area contributed by atoms with Crippen molar-refractivity contribution in [1.82, 2.24) is 4.90 Å². The standard InChI is InChI=1S/C20H21NO.H3O4P/c22-20(18-10-3-1-4-11-18,19-12-5-2-6-13-19)14-9-17-21-15-7-8-16-21;1-5(2,3)4/h1-6,10-13,22H,7-8,15-17H2;(H3,1,2,3,4). The Morgan fingerprint density at radius 2 is 1.30 bits per heavy atom. The highest BCUT2D eigenvalue weighted by molar-refractivity contribution is 7.45. The van der Waals surface area contributed by atoms with Crippen molar-refractivity contribution in [2.75, 3.05) is 19.6 Å². The number of hydrogen-bond donors (Lipinski definition) is 4. The van der Waals surface area contributed by atoms with Crippen LogP contribution in [-0.4, -0.2) is 44.3 Å². The quantitative estimate of drug-likeness (QED) is 0.474. The minimum Gasteiger partial charge on any atom is -0.369 e. The van der Waals surface area contributed by atoms with Gasteiger partial charge in [-0.3, -0.25) is 4.90 Å². The first-order chi connectivity index (χ1) is 12.8. The molecule has 2 aromatic rings. The summed E-state index contributed by atoms with van der Waals surface area (Å²) >= 11 is 0. The Bertz CT molecular complexity index is 757. The monoisotopic (exact) mass is 389 g/mol. The molecule has 144 valence electrons. The third-order valence-electron chi connectivity index (χ3n) is 4.15. The zero-order valence-electron chi connectivity index (χ0n) is 14.9. The van der Waals surface area contributed by atoms with Crippen LogP contribution in [0.1, 0.15) is 24.0 Å². The minimum absolute atomic E-state index is 0.724. The molecule has 0 radical (unpaired) electrons. The maximum atomic E-state index is 11.2. The summed E-state index contributed by atoms with van der Waals surface area (Å²) in [6, 6.07) is 19.4. The van der Waals surface area contributed by atoms with E-state index in [0.29, 0.717) is 0 Å². The van der Waals surface area contributed by atoms with E-state index in [1.165, 1.54) is 12.8 Å². The molecule has 2 aromatic carbocycles. The molecule has 0 bridgehead atoms. The molecule has 0 spiro atoms. The molecule has 6 nitrogen and oxygen atoms in total. The third-order valence-corrected chi connectivity index (χ3v) is 4.15. The van der Waals surface area contributed by atoms with Gasteiger partial charge in [0.2, 0.25) is 0 Å². The zero-order chi connectivity index (χ0) is 19.8. The predicted octanol–water partition coefficient (Wildman–Crippen LogP) is 2.09. The Hall–Kier alpha value is -1.97. The molecule has 7 heteroatoms. The molecule has 1 saturated heterocycles. The molecule has 1 heterocycles. The van der Waals surface area contributed by atoms with E-state index in [-0.39, 0.29) is 0 Å². The van der Waals surface area contributed by atoms with Crippen molar-refractivity contribution in [2.24, 2.45) is 0 Å². The largest absolute Gasteiger partial charge is 0.466 e. The summed E-state index contributed by atoms with van der Waals surface area (Å²) in [7, 11) is -4.64. The topological polar surface area (TPSA) is 101 Å².